The van der Waals surface area contributed by atoms with Gasteiger partial charge in [0, 0.05) is 6.42 Å². The molecule has 0 bridgehead atoms. The van der Waals surface area contributed by atoms with Gasteiger partial charge in [-0.1, -0.05) is 12.1 Å². The van der Waals surface area contributed by atoms with E-state index in [2.05, 4.69) is 5.32 Å². The highest BCUT2D eigenvalue weighted by Gasteiger charge is 2.39. The SMILES string of the molecule is CCOc1ccccc1OCCCC(=O)NC1(C)CCS(=O)(=O)C1. The first kappa shape index (κ1) is 18.6. The molecule has 7 heteroatoms. The third kappa shape index (κ3) is 5.40. The van der Waals surface area contributed by atoms with Crippen LogP contribution in [0, 0.1) is 0 Å². The lowest BCUT2D eigenvalue weighted by atomic mass is 10.0. The molecule has 0 aliphatic carbocycles. The topological polar surface area (TPSA) is 81.7 Å². The monoisotopic (exact) mass is 355 g/mol. The molecule has 1 aliphatic heterocycles. The van der Waals surface area contributed by atoms with Gasteiger partial charge in [0.2, 0.25) is 5.91 Å². The van der Waals surface area contributed by atoms with Gasteiger partial charge in [0.15, 0.2) is 21.3 Å². The molecule has 1 saturated heterocycles. The highest BCUT2D eigenvalue weighted by Crippen LogP contribution is 2.26. The molecule has 1 aliphatic rings. The third-order valence-corrected chi connectivity index (χ3v) is 5.80. The number of amides is 1. The second-order valence-electron chi connectivity index (χ2n) is 6.28. The number of hydrogen-bond donors (Lipinski definition) is 1. The van der Waals surface area contributed by atoms with Gasteiger partial charge < -0.3 is 14.8 Å². The van der Waals surface area contributed by atoms with Gasteiger partial charge in [0.25, 0.3) is 0 Å². The Morgan fingerprint density at radius 3 is 2.50 bits per heavy atom. The Bertz CT molecular complexity index is 673. The van der Waals surface area contributed by atoms with E-state index in [0.717, 1.165) is 0 Å². The molecule has 1 atom stereocenters. The summed E-state index contributed by atoms with van der Waals surface area (Å²) in [6, 6.07) is 7.41. The van der Waals surface area contributed by atoms with Crippen LogP contribution in [0.25, 0.3) is 0 Å². The zero-order valence-electron chi connectivity index (χ0n) is 14.2. The quantitative estimate of drug-likeness (QED) is 0.721. The molecule has 1 fully saturated rings. The van der Waals surface area contributed by atoms with Crippen molar-refractivity contribution in [3.63, 3.8) is 0 Å². The maximum Gasteiger partial charge on any atom is 0.220 e. The van der Waals surface area contributed by atoms with E-state index in [0.29, 0.717) is 44.0 Å². The summed E-state index contributed by atoms with van der Waals surface area (Å²) >= 11 is 0. The standard InChI is InChI=1S/C17H25NO5S/c1-3-22-14-7-4-5-8-15(14)23-11-6-9-16(19)18-17(2)10-12-24(20,21)13-17/h4-5,7-8H,3,6,9-13H2,1-2H3,(H,18,19). The highest BCUT2D eigenvalue weighted by molar-refractivity contribution is 7.91. The van der Waals surface area contributed by atoms with Crippen LogP contribution in [-0.2, 0) is 14.6 Å². The molecule has 0 spiro atoms. The van der Waals surface area contributed by atoms with Crippen molar-refractivity contribution in [1.82, 2.24) is 5.32 Å². The fourth-order valence-electron chi connectivity index (χ4n) is 2.77. The summed E-state index contributed by atoms with van der Waals surface area (Å²) in [6.45, 7) is 4.64. The van der Waals surface area contributed by atoms with Gasteiger partial charge in [0.05, 0.1) is 30.3 Å². The fraction of sp³-hybridized carbons (Fsp3) is 0.588. The van der Waals surface area contributed by atoms with Crippen molar-refractivity contribution < 1.29 is 22.7 Å². The largest absolute Gasteiger partial charge is 0.490 e. The molecule has 134 valence electrons. The Hall–Kier alpha value is -1.76. The minimum absolute atomic E-state index is 0.0178. The number of nitrogens with one attached hydrogen (secondary N) is 1. The van der Waals surface area contributed by atoms with Crippen molar-refractivity contribution in [2.75, 3.05) is 24.7 Å². The summed E-state index contributed by atoms with van der Waals surface area (Å²) in [5.41, 5.74) is -0.641. The smallest absolute Gasteiger partial charge is 0.220 e. The molecule has 2 rings (SSSR count). The first-order valence-corrected chi connectivity index (χ1v) is 10.0. The van der Waals surface area contributed by atoms with Crippen molar-refractivity contribution in [3.8, 4) is 11.5 Å². The van der Waals surface area contributed by atoms with E-state index in [1.165, 1.54) is 0 Å². The second kappa shape index (κ2) is 7.88. The van der Waals surface area contributed by atoms with Crippen LogP contribution in [0.3, 0.4) is 0 Å². The predicted molar refractivity (Wildman–Crippen MR) is 92.2 cm³/mol. The van der Waals surface area contributed by atoms with Crippen LogP contribution in [0.2, 0.25) is 0 Å². The number of sulfone groups is 1. The van der Waals surface area contributed by atoms with Gasteiger partial charge >= 0.3 is 0 Å². The molecule has 0 saturated carbocycles. The fourth-order valence-corrected chi connectivity index (χ4v) is 4.86. The van der Waals surface area contributed by atoms with Crippen molar-refractivity contribution >= 4 is 15.7 Å². The van der Waals surface area contributed by atoms with Crippen molar-refractivity contribution in [2.24, 2.45) is 0 Å². The van der Waals surface area contributed by atoms with Gasteiger partial charge in [-0.15, -0.1) is 0 Å². The molecule has 24 heavy (non-hydrogen) atoms. The van der Waals surface area contributed by atoms with E-state index < -0.39 is 15.4 Å². The number of carbonyl (C=O) groups excluding carboxylic acids is 1. The summed E-state index contributed by atoms with van der Waals surface area (Å²) in [6.07, 6.45) is 1.32. The summed E-state index contributed by atoms with van der Waals surface area (Å²) in [5.74, 6) is 1.36. The molecule has 6 nitrogen and oxygen atoms in total. The number of rotatable bonds is 8. The average molecular weight is 355 g/mol. The molecule has 0 aromatic heterocycles. The maximum absolute atomic E-state index is 12.0. The zero-order valence-corrected chi connectivity index (χ0v) is 15.0. The lowest BCUT2D eigenvalue weighted by Gasteiger charge is -2.23. The summed E-state index contributed by atoms with van der Waals surface area (Å²) in [7, 11) is -3.02. The summed E-state index contributed by atoms with van der Waals surface area (Å²) in [4.78, 5) is 12.0. The minimum Gasteiger partial charge on any atom is -0.490 e. The van der Waals surface area contributed by atoms with E-state index in [9.17, 15) is 13.2 Å². The molecule has 1 aromatic carbocycles. The molecule has 1 unspecified atom stereocenters. The van der Waals surface area contributed by atoms with Gasteiger partial charge in [-0.25, -0.2) is 8.42 Å². The van der Waals surface area contributed by atoms with Crippen molar-refractivity contribution in [2.45, 2.75) is 38.6 Å². The number of hydrogen-bond acceptors (Lipinski definition) is 5. The summed E-state index contributed by atoms with van der Waals surface area (Å²) < 4.78 is 34.2. The van der Waals surface area contributed by atoms with Crippen LogP contribution in [-0.4, -0.2) is 44.6 Å². The van der Waals surface area contributed by atoms with Gasteiger partial charge in [-0.05, 0) is 38.8 Å². The van der Waals surface area contributed by atoms with E-state index in [1.807, 2.05) is 31.2 Å². The normalized spacial score (nSPS) is 22.1. The Morgan fingerprint density at radius 2 is 1.92 bits per heavy atom. The second-order valence-corrected chi connectivity index (χ2v) is 8.47. The van der Waals surface area contributed by atoms with Crippen LogP contribution in [0.5, 0.6) is 11.5 Å². The predicted octanol–water partition coefficient (Wildman–Crippen LogP) is 1.94. The molecular weight excluding hydrogens is 330 g/mol. The molecular formula is C17H25NO5S. The van der Waals surface area contributed by atoms with E-state index in [4.69, 9.17) is 9.47 Å². The number of carbonyl (C=O) groups is 1. The lowest BCUT2D eigenvalue weighted by Crippen LogP contribution is -2.46. The zero-order chi connectivity index (χ0) is 17.6. The Balaban J connectivity index is 1.74. The van der Waals surface area contributed by atoms with E-state index in [1.54, 1.807) is 6.92 Å². The average Bonchev–Trinajstić information content (AvgIpc) is 2.78. The van der Waals surface area contributed by atoms with Crippen LogP contribution in [0.1, 0.15) is 33.1 Å². The van der Waals surface area contributed by atoms with Gasteiger partial charge in [-0.3, -0.25) is 4.79 Å². The molecule has 1 amide bonds. The minimum atomic E-state index is -3.02. The Labute approximate surface area is 143 Å². The first-order valence-electron chi connectivity index (χ1n) is 8.20. The molecule has 1 aromatic rings. The third-order valence-electron chi connectivity index (χ3n) is 3.90. The molecule has 0 radical (unpaired) electrons. The number of ether oxygens (including phenoxy) is 2. The van der Waals surface area contributed by atoms with Crippen LogP contribution in [0.4, 0.5) is 0 Å². The molecule has 1 heterocycles. The van der Waals surface area contributed by atoms with E-state index >= 15 is 0 Å². The van der Waals surface area contributed by atoms with Crippen molar-refractivity contribution in [3.05, 3.63) is 24.3 Å². The van der Waals surface area contributed by atoms with Gasteiger partial charge in [-0.2, -0.15) is 0 Å². The molecule has 1 N–H and O–H groups in total. The van der Waals surface area contributed by atoms with Gasteiger partial charge in [0.1, 0.15) is 0 Å². The highest BCUT2D eigenvalue weighted by atomic mass is 32.2. The van der Waals surface area contributed by atoms with Crippen LogP contribution < -0.4 is 14.8 Å². The first-order chi connectivity index (χ1) is 11.3. The van der Waals surface area contributed by atoms with Crippen LogP contribution in [0.15, 0.2) is 24.3 Å². The Morgan fingerprint density at radius 1 is 1.25 bits per heavy atom. The van der Waals surface area contributed by atoms with Crippen LogP contribution >= 0.6 is 0 Å². The van der Waals surface area contributed by atoms with Crippen molar-refractivity contribution in [1.29, 1.82) is 0 Å². The lowest BCUT2D eigenvalue weighted by molar-refractivity contribution is -0.122. The number of para-hydroxylation sites is 2. The van der Waals surface area contributed by atoms with E-state index in [-0.39, 0.29) is 17.4 Å². The summed E-state index contributed by atoms with van der Waals surface area (Å²) in [5, 5.41) is 2.84. The maximum atomic E-state index is 12.0. The Kier molecular flexibility index (Phi) is 6.10. The number of benzene rings is 1.